The van der Waals surface area contributed by atoms with Crippen LogP contribution in [-0.4, -0.2) is 48.3 Å². The number of carbonyl (C=O) groups is 2. The van der Waals surface area contributed by atoms with Gasteiger partial charge in [-0.25, -0.2) is 0 Å². The van der Waals surface area contributed by atoms with E-state index in [0.29, 0.717) is 22.8 Å². The molecule has 1 saturated heterocycles. The molecule has 2 amide bonds. The van der Waals surface area contributed by atoms with Crippen molar-refractivity contribution in [1.82, 2.24) is 10.2 Å². The first-order chi connectivity index (χ1) is 14.9. The number of aryl methyl sites for hydroxylation is 2. The second-order valence-electron chi connectivity index (χ2n) is 8.86. The minimum absolute atomic E-state index is 0.111. The first kappa shape index (κ1) is 24.1. The Kier molecular flexibility index (Phi) is 6.90. The second-order valence-corrected chi connectivity index (χ2v) is 11.4. The predicted octanol–water partition coefficient (Wildman–Crippen LogP) is 3.50. The van der Waals surface area contributed by atoms with Crippen LogP contribution in [-0.2, 0) is 14.9 Å². The Bertz CT molecular complexity index is 1120. The van der Waals surface area contributed by atoms with E-state index in [0.717, 1.165) is 5.56 Å². The highest BCUT2D eigenvalue weighted by Crippen LogP contribution is 2.26. The highest BCUT2D eigenvalue weighted by atomic mass is 32.2. The van der Waals surface area contributed by atoms with E-state index >= 15 is 0 Å². The summed E-state index contributed by atoms with van der Waals surface area (Å²) in [5.74, 6) is 0.590. The molecule has 0 saturated carbocycles. The van der Waals surface area contributed by atoms with E-state index < -0.39 is 16.2 Å². The van der Waals surface area contributed by atoms with E-state index in [2.05, 4.69) is 5.32 Å². The Morgan fingerprint density at radius 3 is 2.38 bits per heavy atom. The van der Waals surface area contributed by atoms with Gasteiger partial charge in [-0.05, 0) is 76.1 Å². The average molecular weight is 477 g/mol. The van der Waals surface area contributed by atoms with Gasteiger partial charge in [0.1, 0.15) is 16.7 Å². The highest BCUT2D eigenvalue weighted by Gasteiger charge is 2.36. The summed E-state index contributed by atoms with van der Waals surface area (Å²) in [5.41, 5.74) is 1.37. The van der Waals surface area contributed by atoms with Gasteiger partial charge in [-0.2, -0.15) is 8.42 Å². The Morgan fingerprint density at radius 1 is 1.09 bits per heavy atom. The minimum atomic E-state index is -4.00. The molecular weight excluding hydrogens is 448 g/mol. The molecule has 2 aromatic carbocycles. The van der Waals surface area contributed by atoms with Crippen LogP contribution in [0, 0.1) is 13.8 Å². The number of carbonyl (C=O) groups excluding carboxylic acids is 2. The minimum Gasteiger partial charge on any atom is -0.379 e. The summed E-state index contributed by atoms with van der Waals surface area (Å²) in [5, 5.41) is 2.92. The maximum Gasteiger partial charge on any atom is 0.339 e. The van der Waals surface area contributed by atoms with Gasteiger partial charge in [-0.3, -0.25) is 9.59 Å². The zero-order chi connectivity index (χ0) is 23.7. The van der Waals surface area contributed by atoms with Crippen LogP contribution >= 0.6 is 11.8 Å². The topological polar surface area (TPSA) is 92.8 Å². The van der Waals surface area contributed by atoms with Crippen molar-refractivity contribution >= 4 is 33.7 Å². The van der Waals surface area contributed by atoms with Gasteiger partial charge in [0.15, 0.2) is 0 Å². The van der Waals surface area contributed by atoms with Gasteiger partial charge in [0.05, 0.1) is 5.88 Å². The van der Waals surface area contributed by atoms with Crippen LogP contribution in [0.4, 0.5) is 0 Å². The third kappa shape index (κ3) is 5.63. The standard InChI is InChI=1S/C23H28N2O5S2/c1-15-6-7-16(2)20(12-15)32(28,29)30-18-10-8-17(9-11-18)22(27)25-14-31-13-19(25)21(26)24-23(3,4)5/h6-12,19H,13-14H2,1-5H3,(H,24,26). The van der Waals surface area contributed by atoms with Crippen molar-refractivity contribution < 1.29 is 22.2 Å². The molecule has 3 rings (SSSR count). The van der Waals surface area contributed by atoms with Crippen molar-refractivity contribution in [2.24, 2.45) is 0 Å². The summed E-state index contributed by atoms with van der Waals surface area (Å²) in [6.07, 6.45) is 0. The Morgan fingerprint density at radius 2 is 1.75 bits per heavy atom. The molecule has 1 aliphatic heterocycles. The number of hydrogen-bond acceptors (Lipinski definition) is 6. The molecule has 1 fully saturated rings. The maximum atomic E-state index is 13.0. The third-order valence-corrected chi connectivity index (χ3v) is 7.27. The molecule has 2 aromatic rings. The summed E-state index contributed by atoms with van der Waals surface area (Å²) in [4.78, 5) is 27.2. The van der Waals surface area contributed by atoms with Crippen LogP contribution in [0.15, 0.2) is 47.4 Å². The van der Waals surface area contributed by atoms with Crippen molar-refractivity contribution in [2.75, 3.05) is 11.6 Å². The molecule has 32 heavy (non-hydrogen) atoms. The molecule has 1 heterocycles. The summed E-state index contributed by atoms with van der Waals surface area (Å²) in [7, 11) is -4.00. The van der Waals surface area contributed by atoms with Gasteiger partial charge >= 0.3 is 10.1 Å². The number of rotatable bonds is 5. The normalized spacial score (nSPS) is 16.7. The van der Waals surface area contributed by atoms with E-state index in [1.54, 1.807) is 19.1 Å². The van der Waals surface area contributed by atoms with Gasteiger partial charge in [-0.15, -0.1) is 11.8 Å². The van der Waals surface area contributed by atoms with Gasteiger partial charge < -0.3 is 14.4 Å². The first-order valence-electron chi connectivity index (χ1n) is 10.2. The molecule has 0 radical (unpaired) electrons. The predicted molar refractivity (Wildman–Crippen MR) is 125 cm³/mol. The fraction of sp³-hybridized carbons (Fsp3) is 0.391. The van der Waals surface area contributed by atoms with Crippen molar-refractivity contribution in [3.05, 3.63) is 59.2 Å². The van der Waals surface area contributed by atoms with Gasteiger partial charge in [0.25, 0.3) is 5.91 Å². The van der Waals surface area contributed by atoms with Crippen molar-refractivity contribution in [3.8, 4) is 5.75 Å². The van der Waals surface area contributed by atoms with E-state index in [1.807, 2.05) is 33.8 Å². The summed E-state index contributed by atoms with van der Waals surface area (Å²) in [6, 6.07) is 10.5. The Labute approximate surface area is 193 Å². The average Bonchev–Trinajstić information content (AvgIpc) is 3.18. The van der Waals surface area contributed by atoms with Crippen LogP contribution in [0.5, 0.6) is 5.75 Å². The first-order valence-corrected chi connectivity index (χ1v) is 12.8. The molecule has 1 aliphatic rings. The van der Waals surface area contributed by atoms with Crippen LogP contribution in [0.2, 0.25) is 0 Å². The van der Waals surface area contributed by atoms with Crippen LogP contribution < -0.4 is 9.50 Å². The van der Waals surface area contributed by atoms with E-state index in [-0.39, 0.29) is 28.0 Å². The van der Waals surface area contributed by atoms with Crippen molar-refractivity contribution in [2.45, 2.75) is 51.1 Å². The van der Waals surface area contributed by atoms with E-state index in [4.69, 9.17) is 4.18 Å². The number of amides is 2. The molecule has 7 nitrogen and oxygen atoms in total. The van der Waals surface area contributed by atoms with Gasteiger partial charge in [-0.1, -0.05) is 12.1 Å². The number of nitrogens with zero attached hydrogens (tertiary/aromatic N) is 1. The van der Waals surface area contributed by atoms with Gasteiger partial charge in [0.2, 0.25) is 5.91 Å². The summed E-state index contributed by atoms with van der Waals surface area (Å²) < 4.78 is 30.7. The second kappa shape index (κ2) is 9.15. The number of nitrogens with one attached hydrogen (secondary N) is 1. The molecule has 172 valence electrons. The lowest BCUT2D eigenvalue weighted by atomic mass is 10.1. The summed E-state index contributed by atoms with van der Waals surface area (Å²) in [6.45, 7) is 9.20. The van der Waals surface area contributed by atoms with E-state index in [1.165, 1.54) is 40.9 Å². The molecule has 1 atom stereocenters. The number of thioether (sulfide) groups is 1. The molecule has 1 N–H and O–H groups in total. The molecule has 0 bridgehead atoms. The van der Waals surface area contributed by atoms with E-state index in [9.17, 15) is 18.0 Å². The zero-order valence-electron chi connectivity index (χ0n) is 18.8. The fourth-order valence-corrected chi connectivity index (χ4v) is 5.68. The lowest BCUT2D eigenvalue weighted by molar-refractivity contribution is -0.125. The molecule has 9 heteroatoms. The SMILES string of the molecule is Cc1ccc(C)c(S(=O)(=O)Oc2ccc(C(=O)N3CSCC3C(=O)NC(C)(C)C)cc2)c1. The molecule has 0 aliphatic carbocycles. The molecule has 0 spiro atoms. The summed E-state index contributed by atoms with van der Waals surface area (Å²) >= 11 is 1.52. The smallest absolute Gasteiger partial charge is 0.339 e. The fourth-order valence-electron chi connectivity index (χ4n) is 3.28. The highest BCUT2D eigenvalue weighted by molar-refractivity contribution is 7.99. The Balaban J connectivity index is 1.74. The molecular formula is C23H28N2O5S2. The van der Waals surface area contributed by atoms with Crippen LogP contribution in [0.3, 0.4) is 0 Å². The number of hydrogen-bond donors (Lipinski definition) is 1. The largest absolute Gasteiger partial charge is 0.379 e. The lowest BCUT2D eigenvalue weighted by Gasteiger charge is -2.27. The van der Waals surface area contributed by atoms with Crippen molar-refractivity contribution in [3.63, 3.8) is 0 Å². The van der Waals surface area contributed by atoms with Crippen LogP contribution in [0.1, 0.15) is 42.3 Å². The molecule has 0 aromatic heterocycles. The zero-order valence-corrected chi connectivity index (χ0v) is 20.5. The quantitative estimate of drug-likeness (QED) is 0.664. The van der Waals surface area contributed by atoms with Crippen LogP contribution in [0.25, 0.3) is 0 Å². The van der Waals surface area contributed by atoms with Crippen molar-refractivity contribution in [1.29, 1.82) is 0 Å². The monoisotopic (exact) mass is 476 g/mol. The molecule has 1 unspecified atom stereocenters. The maximum absolute atomic E-state index is 13.0. The third-order valence-electron chi connectivity index (χ3n) is 4.86. The lowest BCUT2D eigenvalue weighted by Crippen LogP contribution is -2.52. The Hall–Kier alpha value is -2.52. The number of benzene rings is 2. The van der Waals surface area contributed by atoms with Gasteiger partial charge in [0, 0.05) is 16.9 Å².